The van der Waals surface area contributed by atoms with Gasteiger partial charge in [-0.25, -0.2) is 4.39 Å². The van der Waals surface area contributed by atoms with Crippen LogP contribution in [0.15, 0.2) is 91.0 Å². The highest BCUT2D eigenvalue weighted by Gasteiger charge is 2.41. The van der Waals surface area contributed by atoms with Gasteiger partial charge >= 0.3 is 0 Å². The second-order valence-corrected chi connectivity index (χ2v) is 7.13. The molecule has 0 aliphatic carbocycles. The van der Waals surface area contributed by atoms with Gasteiger partial charge in [0.2, 0.25) is 6.71 Å². The van der Waals surface area contributed by atoms with E-state index in [2.05, 4.69) is 71.6 Å². The first-order valence-corrected chi connectivity index (χ1v) is 9.20. The highest BCUT2D eigenvalue weighted by atomic mass is 19.1. The summed E-state index contributed by atoms with van der Waals surface area (Å²) in [4.78, 5) is 2.33. The molecule has 0 fully saturated rings. The van der Waals surface area contributed by atoms with Crippen LogP contribution in [0.4, 0.5) is 21.5 Å². The summed E-state index contributed by atoms with van der Waals surface area (Å²) in [6.45, 7) is 0.156. The number of hydrogen-bond donors (Lipinski definition) is 0. The lowest BCUT2D eigenvalue weighted by Gasteiger charge is -2.35. The molecule has 6 rings (SSSR count). The lowest BCUT2D eigenvalue weighted by Crippen LogP contribution is -2.54. The number of anilines is 3. The normalized spacial score (nSPS) is 13.2. The molecular weight excluding hydrogens is 332 g/mol. The molecule has 0 amide bonds. The van der Waals surface area contributed by atoms with Crippen LogP contribution in [0.2, 0.25) is 0 Å². The summed E-state index contributed by atoms with van der Waals surface area (Å²) in [5.41, 5.74) is 9.41. The summed E-state index contributed by atoms with van der Waals surface area (Å²) in [5, 5.41) is 0. The minimum atomic E-state index is -0.182. The second-order valence-electron chi connectivity index (χ2n) is 7.13. The van der Waals surface area contributed by atoms with E-state index in [1.54, 1.807) is 12.1 Å². The zero-order chi connectivity index (χ0) is 18.0. The zero-order valence-electron chi connectivity index (χ0n) is 14.6. The summed E-state index contributed by atoms with van der Waals surface area (Å²) >= 11 is 0. The minimum absolute atomic E-state index is 0.156. The predicted molar refractivity (Wildman–Crippen MR) is 111 cm³/mol. The van der Waals surface area contributed by atoms with E-state index in [1.807, 2.05) is 12.1 Å². The highest BCUT2D eigenvalue weighted by molar-refractivity contribution is 7.01. The average Bonchev–Trinajstić information content (AvgIpc) is 3.04. The van der Waals surface area contributed by atoms with Crippen LogP contribution in [0, 0.1) is 5.82 Å². The number of hydrogen-bond acceptors (Lipinski definition) is 1. The lowest BCUT2D eigenvalue weighted by atomic mass is 9.37. The fourth-order valence-electron chi connectivity index (χ4n) is 4.70. The van der Waals surface area contributed by atoms with E-state index >= 15 is 0 Å². The van der Waals surface area contributed by atoms with Gasteiger partial charge in [-0.15, -0.1) is 0 Å². The lowest BCUT2D eigenvalue weighted by molar-refractivity contribution is 0.629. The van der Waals surface area contributed by atoms with E-state index in [0.29, 0.717) is 0 Å². The maximum absolute atomic E-state index is 14.0. The first kappa shape index (κ1) is 14.8. The van der Waals surface area contributed by atoms with Crippen molar-refractivity contribution in [3.63, 3.8) is 0 Å². The van der Waals surface area contributed by atoms with Crippen molar-refractivity contribution in [3.8, 4) is 11.1 Å². The van der Waals surface area contributed by atoms with Crippen LogP contribution < -0.4 is 21.3 Å². The molecule has 0 radical (unpaired) electrons. The third-order valence-corrected chi connectivity index (χ3v) is 5.73. The van der Waals surface area contributed by atoms with E-state index in [9.17, 15) is 4.39 Å². The molecule has 0 unspecified atom stereocenters. The van der Waals surface area contributed by atoms with Crippen molar-refractivity contribution in [1.29, 1.82) is 0 Å². The Bertz CT molecular complexity index is 1200. The van der Waals surface area contributed by atoms with Gasteiger partial charge < -0.3 is 4.90 Å². The van der Waals surface area contributed by atoms with E-state index < -0.39 is 0 Å². The first-order valence-electron chi connectivity index (χ1n) is 9.20. The van der Waals surface area contributed by atoms with E-state index in [0.717, 1.165) is 16.8 Å². The smallest absolute Gasteiger partial charge is 0.248 e. The van der Waals surface area contributed by atoms with Gasteiger partial charge in [-0.1, -0.05) is 60.1 Å². The van der Waals surface area contributed by atoms with E-state index in [4.69, 9.17) is 0 Å². The van der Waals surface area contributed by atoms with Gasteiger partial charge in [-0.3, -0.25) is 0 Å². The van der Waals surface area contributed by atoms with Crippen molar-refractivity contribution in [2.45, 2.75) is 0 Å². The molecule has 0 spiro atoms. The summed E-state index contributed by atoms with van der Waals surface area (Å²) in [6.07, 6.45) is 0. The van der Waals surface area contributed by atoms with Gasteiger partial charge in [0.1, 0.15) is 5.82 Å². The van der Waals surface area contributed by atoms with Crippen LogP contribution in [0.3, 0.4) is 0 Å². The fraction of sp³-hybridized carbons (Fsp3) is 0. The summed E-state index contributed by atoms with van der Waals surface area (Å²) in [5.74, 6) is -0.182. The Balaban J connectivity index is 1.72. The maximum atomic E-state index is 14.0. The van der Waals surface area contributed by atoms with Gasteiger partial charge in [0.05, 0.1) is 0 Å². The van der Waals surface area contributed by atoms with Gasteiger partial charge in [-0.05, 0) is 58.5 Å². The molecule has 2 aliphatic rings. The molecular formula is C24H15BFN. The number of nitrogens with zero attached hydrogens (tertiary/aromatic N) is 1. The number of para-hydroxylation sites is 2. The molecule has 2 heterocycles. The predicted octanol–water partition coefficient (Wildman–Crippen LogP) is 4.11. The molecule has 2 aliphatic heterocycles. The number of benzene rings is 4. The van der Waals surface area contributed by atoms with Crippen molar-refractivity contribution in [1.82, 2.24) is 0 Å². The van der Waals surface area contributed by atoms with Crippen LogP contribution in [-0.4, -0.2) is 6.71 Å². The largest absolute Gasteiger partial charge is 0.312 e. The standard InChI is InChI=1S/C24H15BFN/c26-16-13-14-20-19(15-16)18-9-6-12-23-24(18)25(20)21-10-4-5-11-22(21)27(23)17-7-2-1-3-8-17/h1-15H. The SMILES string of the molecule is Fc1ccc2c(c1)-c1cccc3c1B2c1ccccc1N3c1ccccc1. The molecule has 3 heteroatoms. The van der Waals surface area contributed by atoms with E-state index in [-0.39, 0.29) is 12.5 Å². The minimum Gasteiger partial charge on any atom is -0.312 e. The summed E-state index contributed by atoms with van der Waals surface area (Å²) in [6, 6.07) is 30.6. The first-order chi connectivity index (χ1) is 13.3. The molecule has 0 atom stereocenters. The van der Waals surface area contributed by atoms with Crippen LogP contribution in [0.5, 0.6) is 0 Å². The topological polar surface area (TPSA) is 3.24 Å². The summed E-state index contributed by atoms with van der Waals surface area (Å²) < 4.78 is 14.0. The fourth-order valence-corrected chi connectivity index (χ4v) is 4.70. The van der Waals surface area contributed by atoms with Crippen molar-refractivity contribution in [2.75, 3.05) is 4.90 Å². The quantitative estimate of drug-likeness (QED) is 0.405. The summed E-state index contributed by atoms with van der Waals surface area (Å²) in [7, 11) is 0. The van der Waals surface area contributed by atoms with Crippen LogP contribution in [0.1, 0.15) is 0 Å². The average molecular weight is 347 g/mol. The molecule has 0 bridgehead atoms. The van der Waals surface area contributed by atoms with Crippen molar-refractivity contribution in [2.24, 2.45) is 0 Å². The Morgan fingerprint density at radius 1 is 0.630 bits per heavy atom. The number of rotatable bonds is 1. The molecule has 126 valence electrons. The molecule has 0 N–H and O–H groups in total. The van der Waals surface area contributed by atoms with Gasteiger partial charge in [0.25, 0.3) is 0 Å². The van der Waals surface area contributed by atoms with Gasteiger partial charge in [0, 0.05) is 17.1 Å². The third-order valence-electron chi connectivity index (χ3n) is 5.73. The van der Waals surface area contributed by atoms with Crippen LogP contribution in [0.25, 0.3) is 11.1 Å². The molecule has 0 saturated heterocycles. The highest BCUT2D eigenvalue weighted by Crippen LogP contribution is 2.39. The Hall–Kier alpha value is -3.33. The Kier molecular flexibility index (Phi) is 2.93. The molecule has 4 aromatic carbocycles. The molecule has 0 saturated carbocycles. The van der Waals surface area contributed by atoms with E-state index in [1.165, 1.54) is 27.8 Å². The Morgan fingerprint density at radius 3 is 2.30 bits per heavy atom. The third kappa shape index (κ3) is 1.94. The van der Waals surface area contributed by atoms with Gasteiger partial charge in [-0.2, -0.15) is 0 Å². The monoisotopic (exact) mass is 347 g/mol. The Morgan fingerprint density at radius 2 is 1.41 bits per heavy atom. The second kappa shape index (κ2) is 5.34. The molecule has 27 heavy (non-hydrogen) atoms. The molecule has 0 aromatic heterocycles. The molecule has 1 nitrogen and oxygen atoms in total. The zero-order valence-corrected chi connectivity index (χ0v) is 14.6. The van der Waals surface area contributed by atoms with Crippen LogP contribution in [-0.2, 0) is 0 Å². The Labute approximate surface area is 157 Å². The number of fused-ring (bicyclic) bond motifs is 5. The van der Waals surface area contributed by atoms with Crippen LogP contribution >= 0.6 is 0 Å². The van der Waals surface area contributed by atoms with Crippen molar-refractivity contribution in [3.05, 3.63) is 96.8 Å². The van der Waals surface area contributed by atoms with Crippen molar-refractivity contribution < 1.29 is 4.39 Å². The maximum Gasteiger partial charge on any atom is 0.248 e. The molecule has 4 aromatic rings. The van der Waals surface area contributed by atoms with Crippen molar-refractivity contribution >= 4 is 40.2 Å². The number of halogens is 1. The van der Waals surface area contributed by atoms with Gasteiger partial charge in [0.15, 0.2) is 0 Å².